The highest BCUT2D eigenvalue weighted by Crippen LogP contribution is 2.36. The fourth-order valence-corrected chi connectivity index (χ4v) is 2.82. The Bertz CT molecular complexity index is 425. The maximum absolute atomic E-state index is 5.78. The lowest BCUT2D eigenvalue weighted by atomic mass is 9.94. The zero-order valence-corrected chi connectivity index (χ0v) is 11.0. The molecule has 0 bridgehead atoms. The van der Waals surface area contributed by atoms with Gasteiger partial charge in [0.1, 0.15) is 0 Å². The first-order valence-electron chi connectivity index (χ1n) is 6.98. The minimum atomic E-state index is 0.482. The molecule has 2 aliphatic rings. The van der Waals surface area contributed by atoms with Crippen molar-refractivity contribution in [2.45, 2.75) is 38.6 Å². The van der Waals surface area contributed by atoms with Crippen LogP contribution in [0.2, 0.25) is 0 Å². The van der Waals surface area contributed by atoms with Gasteiger partial charge in [0.05, 0.1) is 13.2 Å². The maximum Gasteiger partial charge on any atom is 0.161 e. The van der Waals surface area contributed by atoms with E-state index in [1.807, 2.05) is 0 Å². The molecule has 1 aromatic rings. The van der Waals surface area contributed by atoms with Crippen LogP contribution in [0.5, 0.6) is 11.5 Å². The van der Waals surface area contributed by atoms with E-state index in [1.54, 1.807) is 0 Å². The van der Waals surface area contributed by atoms with Crippen LogP contribution in [0.1, 0.15) is 42.9 Å². The topological polar surface area (TPSA) is 30.5 Å². The first kappa shape index (κ1) is 11.8. The molecule has 18 heavy (non-hydrogen) atoms. The van der Waals surface area contributed by atoms with Gasteiger partial charge in [0.25, 0.3) is 0 Å². The summed E-state index contributed by atoms with van der Waals surface area (Å²) in [4.78, 5) is 0. The Morgan fingerprint density at radius 1 is 1.06 bits per heavy atom. The molecule has 3 heteroatoms. The Labute approximate surface area is 108 Å². The molecule has 0 aliphatic carbocycles. The van der Waals surface area contributed by atoms with E-state index in [2.05, 4.69) is 24.4 Å². The highest BCUT2D eigenvalue weighted by atomic mass is 16.5. The van der Waals surface area contributed by atoms with Gasteiger partial charge in [0, 0.05) is 12.5 Å². The van der Waals surface area contributed by atoms with Crippen LogP contribution in [0, 0.1) is 6.92 Å². The molecule has 1 atom stereocenters. The van der Waals surface area contributed by atoms with Gasteiger partial charge in [0.15, 0.2) is 11.5 Å². The van der Waals surface area contributed by atoms with E-state index >= 15 is 0 Å². The van der Waals surface area contributed by atoms with Crippen LogP contribution < -0.4 is 14.8 Å². The summed E-state index contributed by atoms with van der Waals surface area (Å²) >= 11 is 0. The number of hydrogen-bond acceptors (Lipinski definition) is 3. The second-order valence-corrected chi connectivity index (χ2v) is 5.21. The van der Waals surface area contributed by atoms with Crippen molar-refractivity contribution in [2.24, 2.45) is 0 Å². The maximum atomic E-state index is 5.78. The van der Waals surface area contributed by atoms with Crippen LogP contribution in [-0.4, -0.2) is 19.8 Å². The molecule has 0 amide bonds. The molecule has 3 nitrogen and oxygen atoms in total. The Kier molecular flexibility index (Phi) is 3.41. The molecule has 3 rings (SSSR count). The number of hydrogen-bond donors (Lipinski definition) is 1. The second-order valence-electron chi connectivity index (χ2n) is 5.21. The zero-order valence-electron chi connectivity index (χ0n) is 11.0. The minimum absolute atomic E-state index is 0.482. The SMILES string of the molecule is Cc1cc2c(cc1C1CCCCN1)OCCCO2. The number of piperidine rings is 1. The fraction of sp³-hybridized carbons (Fsp3) is 0.600. The summed E-state index contributed by atoms with van der Waals surface area (Å²) in [6.45, 7) is 4.81. The van der Waals surface area contributed by atoms with Crippen LogP contribution in [0.4, 0.5) is 0 Å². The average molecular weight is 247 g/mol. The van der Waals surface area contributed by atoms with Crippen molar-refractivity contribution in [3.8, 4) is 11.5 Å². The van der Waals surface area contributed by atoms with Crippen molar-refractivity contribution in [1.82, 2.24) is 5.32 Å². The van der Waals surface area contributed by atoms with Gasteiger partial charge in [-0.25, -0.2) is 0 Å². The molecule has 98 valence electrons. The molecular formula is C15H21NO2. The second kappa shape index (κ2) is 5.19. The fourth-order valence-electron chi connectivity index (χ4n) is 2.82. The molecule has 1 saturated heterocycles. The number of ether oxygens (including phenoxy) is 2. The van der Waals surface area contributed by atoms with Crippen molar-refractivity contribution in [2.75, 3.05) is 19.8 Å². The summed E-state index contributed by atoms with van der Waals surface area (Å²) in [5.74, 6) is 1.82. The van der Waals surface area contributed by atoms with Gasteiger partial charge < -0.3 is 14.8 Å². The van der Waals surface area contributed by atoms with Crippen LogP contribution in [0.15, 0.2) is 12.1 Å². The predicted octanol–water partition coefficient (Wildman–Crippen LogP) is 2.97. The number of benzene rings is 1. The van der Waals surface area contributed by atoms with E-state index in [1.165, 1.54) is 30.4 Å². The highest BCUT2D eigenvalue weighted by molar-refractivity contribution is 5.48. The summed E-state index contributed by atoms with van der Waals surface area (Å²) in [6, 6.07) is 4.79. The number of fused-ring (bicyclic) bond motifs is 1. The van der Waals surface area contributed by atoms with Gasteiger partial charge >= 0.3 is 0 Å². The van der Waals surface area contributed by atoms with Crippen LogP contribution in [-0.2, 0) is 0 Å². The highest BCUT2D eigenvalue weighted by Gasteiger charge is 2.20. The number of nitrogens with one attached hydrogen (secondary N) is 1. The third-order valence-corrected chi connectivity index (χ3v) is 3.82. The quantitative estimate of drug-likeness (QED) is 0.827. The van der Waals surface area contributed by atoms with E-state index in [9.17, 15) is 0 Å². The molecule has 2 aliphatic heterocycles. The number of rotatable bonds is 1. The lowest BCUT2D eigenvalue weighted by Gasteiger charge is -2.26. The van der Waals surface area contributed by atoms with Crippen LogP contribution in [0.3, 0.4) is 0 Å². The Morgan fingerprint density at radius 2 is 1.83 bits per heavy atom. The van der Waals surface area contributed by atoms with E-state index < -0.39 is 0 Å². The Balaban J connectivity index is 1.92. The summed E-state index contributed by atoms with van der Waals surface area (Å²) in [5, 5.41) is 3.60. The molecular weight excluding hydrogens is 226 g/mol. The smallest absolute Gasteiger partial charge is 0.161 e. The first-order chi connectivity index (χ1) is 8.84. The van der Waals surface area contributed by atoms with Gasteiger partial charge in [0.2, 0.25) is 0 Å². The molecule has 1 fully saturated rings. The molecule has 0 aromatic heterocycles. The molecule has 1 unspecified atom stereocenters. The first-order valence-corrected chi connectivity index (χ1v) is 6.98. The molecule has 0 spiro atoms. The van der Waals surface area contributed by atoms with Crippen LogP contribution >= 0.6 is 0 Å². The lowest BCUT2D eigenvalue weighted by molar-refractivity contribution is 0.296. The normalized spacial score (nSPS) is 23.5. The summed E-state index contributed by atoms with van der Waals surface area (Å²) in [7, 11) is 0. The van der Waals surface area contributed by atoms with E-state index in [0.29, 0.717) is 6.04 Å². The van der Waals surface area contributed by atoms with Gasteiger partial charge in [-0.05, 0) is 49.6 Å². The van der Waals surface area contributed by atoms with Crippen LogP contribution in [0.25, 0.3) is 0 Å². The van der Waals surface area contributed by atoms with Gasteiger partial charge in [-0.3, -0.25) is 0 Å². The molecule has 0 radical (unpaired) electrons. The van der Waals surface area contributed by atoms with Gasteiger partial charge in [-0.2, -0.15) is 0 Å². The van der Waals surface area contributed by atoms with E-state index in [0.717, 1.165) is 37.7 Å². The lowest BCUT2D eigenvalue weighted by Crippen LogP contribution is -2.27. The Hall–Kier alpha value is -1.22. The van der Waals surface area contributed by atoms with Crippen molar-refractivity contribution < 1.29 is 9.47 Å². The van der Waals surface area contributed by atoms with Crippen molar-refractivity contribution in [1.29, 1.82) is 0 Å². The van der Waals surface area contributed by atoms with Crippen molar-refractivity contribution >= 4 is 0 Å². The summed E-state index contributed by atoms with van der Waals surface area (Å²) in [5.41, 5.74) is 2.68. The predicted molar refractivity (Wildman–Crippen MR) is 71.4 cm³/mol. The third-order valence-electron chi connectivity index (χ3n) is 3.82. The molecule has 1 N–H and O–H groups in total. The minimum Gasteiger partial charge on any atom is -0.490 e. The molecule has 1 aromatic carbocycles. The largest absolute Gasteiger partial charge is 0.490 e. The standard InChI is InChI=1S/C15H21NO2/c1-11-9-14-15(18-8-4-7-17-14)10-12(11)13-5-2-3-6-16-13/h9-10,13,16H,2-8H2,1H3. The number of aryl methyl sites for hydroxylation is 1. The molecule has 2 heterocycles. The van der Waals surface area contributed by atoms with Crippen molar-refractivity contribution in [3.63, 3.8) is 0 Å². The molecule has 0 saturated carbocycles. The van der Waals surface area contributed by atoms with E-state index in [4.69, 9.17) is 9.47 Å². The summed E-state index contributed by atoms with van der Waals surface area (Å²) < 4.78 is 11.5. The third kappa shape index (κ3) is 2.32. The monoisotopic (exact) mass is 247 g/mol. The van der Waals surface area contributed by atoms with Gasteiger partial charge in [-0.15, -0.1) is 0 Å². The zero-order chi connectivity index (χ0) is 12.4. The van der Waals surface area contributed by atoms with E-state index in [-0.39, 0.29) is 0 Å². The Morgan fingerprint density at radius 3 is 2.56 bits per heavy atom. The van der Waals surface area contributed by atoms with Crippen molar-refractivity contribution in [3.05, 3.63) is 23.3 Å². The van der Waals surface area contributed by atoms with Gasteiger partial charge in [-0.1, -0.05) is 6.42 Å². The average Bonchev–Trinajstić information content (AvgIpc) is 2.63. The summed E-state index contributed by atoms with van der Waals surface area (Å²) in [6.07, 6.45) is 4.79.